The predicted molar refractivity (Wildman–Crippen MR) is 194 cm³/mol. The molecule has 0 saturated carbocycles. The molecule has 0 saturated heterocycles. The Morgan fingerprint density at radius 2 is 1.04 bits per heavy atom. The van der Waals surface area contributed by atoms with Crippen LogP contribution in [0.3, 0.4) is 0 Å². The first-order chi connectivity index (χ1) is 21.1. The standard InChI is InChI=1S/C39H54O4.C2H6/c1-26(16-12-18-28(3)20-22-33-30(5)24-35(40)37(42)31(33)6)14-10-11-15-27(2)17-13-19-29(4)21-23-34-32(7)38(43)36(41)25-39(34,8)9;1-2/h10-23,30,35-38,40-43H,24-25H2,1-9H3;1-2H3/b11-10+,16-12+,17-13+,22-20+,23-21+,26-14+,27-15+,28-18+,29-19+;. The van der Waals surface area contributed by atoms with Gasteiger partial charge in [-0.2, -0.15) is 0 Å². The van der Waals surface area contributed by atoms with Gasteiger partial charge in [-0.05, 0) is 88.0 Å². The van der Waals surface area contributed by atoms with E-state index in [1.54, 1.807) is 0 Å². The zero-order chi connectivity index (χ0) is 34.3. The Morgan fingerprint density at radius 1 is 0.622 bits per heavy atom. The number of rotatable bonds is 10. The molecule has 0 bridgehead atoms. The van der Waals surface area contributed by atoms with E-state index in [1.807, 2.05) is 52.0 Å². The minimum absolute atomic E-state index is 0.181. The third kappa shape index (κ3) is 13.1. The fourth-order valence-electron chi connectivity index (χ4n) is 5.62. The summed E-state index contributed by atoms with van der Waals surface area (Å²) in [4.78, 5) is 0. The summed E-state index contributed by atoms with van der Waals surface area (Å²) in [5.41, 5.74) is 8.21. The normalized spacial score (nSPS) is 27.6. The van der Waals surface area contributed by atoms with Crippen molar-refractivity contribution < 1.29 is 20.4 Å². The molecule has 45 heavy (non-hydrogen) atoms. The highest BCUT2D eigenvalue weighted by atomic mass is 16.3. The third-order valence-electron chi connectivity index (χ3n) is 8.38. The molecule has 4 heteroatoms. The molecule has 248 valence electrons. The molecule has 5 atom stereocenters. The summed E-state index contributed by atoms with van der Waals surface area (Å²) in [6, 6.07) is 0. The average molecular weight is 617 g/mol. The Balaban J connectivity index is 0.00000496. The van der Waals surface area contributed by atoms with Crippen LogP contribution in [-0.2, 0) is 0 Å². The fraction of sp³-hybridized carbons (Fsp3) is 0.463. The van der Waals surface area contributed by atoms with Crippen molar-refractivity contribution in [1.29, 1.82) is 0 Å². The van der Waals surface area contributed by atoms with E-state index >= 15 is 0 Å². The Labute approximate surface area is 274 Å². The molecule has 0 spiro atoms. The topological polar surface area (TPSA) is 80.9 Å². The fourth-order valence-corrected chi connectivity index (χ4v) is 5.62. The molecule has 2 rings (SSSR count). The van der Waals surface area contributed by atoms with Gasteiger partial charge in [-0.15, -0.1) is 0 Å². The monoisotopic (exact) mass is 616 g/mol. The first-order valence-corrected chi connectivity index (χ1v) is 16.4. The van der Waals surface area contributed by atoms with Gasteiger partial charge in [0.25, 0.3) is 0 Å². The lowest BCUT2D eigenvalue weighted by Crippen LogP contribution is -2.38. The van der Waals surface area contributed by atoms with Crippen molar-refractivity contribution >= 4 is 0 Å². The first-order valence-electron chi connectivity index (χ1n) is 16.4. The second-order valence-electron chi connectivity index (χ2n) is 12.9. The molecule has 0 aromatic heterocycles. The molecule has 0 aromatic carbocycles. The lowest BCUT2D eigenvalue weighted by Gasteiger charge is -2.38. The molecule has 4 N–H and O–H groups in total. The van der Waals surface area contributed by atoms with Gasteiger partial charge in [0, 0.05) is 0 Å². The average Bonchev–Trinajstić information content (AvgIpc) is 2.97. The van der Waals surface area contributed by atoms with Gasteiger partial charge in [0.1, 0.15) is 12.2 Å². The lowest BCUT2D eigenvalue weighted by atomic mass is 9.70. The molecule has 0 amide bonds. The van der Waals surface area contributed by atoms with Crippen molar-refractivity contribution in [2.75, 3.05) is 0 Å². The minimum atomic E-state index is -0.798. The molecule has 0 aliphatic heterocycles. The summed E-state index contributed by atoms with van der Waals surface area (Å²) in [5.74, 6) is 0.223. The number of hydrogen-bond donors (Lipinski definition) is 4. The van der Waals surface area contributed by atoms with Gasteiger partial charge in [-0.3, -0.25) is 0 Å². The van der Waals surface area contributed by atoms with Crippen molar-refractivity contribution in [2.45, 2.75) is 113 Å². The van der Waals surface area contributed by atoms with Crippen molar-refractivity contribution in [3.63, 3.8) is 0 Å². The van der Waals surface area contributed by atoms with Gasteiger partial charge in [0.2, 0.25) is 0 Å². The smallest absolute Gasteiger partial charge is 0.101 e. The van der Waals surface area contributed by atoms with E-state index < -0.39 is 24.4 Å². The predicted octanol–water partition coefficient (Wildman–Crippen LogP) is 9.13. The Morgan fingerprint density at radius 3 is 1.56 bits per heavy atom. The van der Waals surface area contributed by atoms with Crippen LogP contribution >= 0.6 is 0 Å². The Hall–Kier alpha value is -3.02. The van der Waals surface area contributed by atoms with Gasteiger partial charge in [-0.25, -0.2) is 0 Å². The highest BCUT2D eigenvalue weighted by molar-refractivity contribution is 5.40. The van der Waals surface area contributed by atoms with E-state index in [9.17, 15) is 20.4 Å². The van der Waals surface area contributed by atoms with Crippen LogP contribution in [0.25, 0.3) is 0 Å². The Kier molecular flexibility index (Phi) is 17.3. The second-order valence-corrected chi connectivity index (χ2v) is 12.9. The number of aliphatic hydroxyl groups excluding tert-OH is 4. The Bertz CT molecular complexity index is 1320. The van der Waals surface area contributed by atoms with Crippen LogP contribution in [0.1, 0.15) is 89.0 Å². The van der Waals surface area contributed by atoms with E-state index in [0.717, 1.165) is 44.6 Å². The molecule has 5 unspecified atom stereocenters. The van der Waals surface area contributed by atoms with Crippen LogP contribution in [0.5, 0.6) is 0 Å². The molecule has 0 heterocycles. The van der Waals surface area contributed by atoms with E-state index in [2.05, 4.69) is 109 Å². The van der Waals surface area contributed by atoms with Gasteiger partial charge in [-0.1, -0.05) is 142 Å². The van der Waals surface area contributed by atoms with E-state index in [0.29, 0.717) is 12.8 Å². The summed E-state index contributed by atoms with van der Waals surface area (Å²) >= 11 is 0. The molecule has 4 nitrogen and oxygen atoms in total. The van der Waals surface area contributed by atoms with E-state index in [1.165, 1.54) is 0 Å². The SMILES string of the molecule is CC.CC1=C(/C=C/C(C)=C/C=C/C(C)=C/C=C/C=C(C)/C=C/C=C(C)/C=C/C2=C(C)C(O)C(O)CC2(C)C)C(C)CC(O)C1O. The summed E-state index contributed by atoms with van der Waals surface area (Å²) in [7, 11) is 0. The summed E-state index contributed by atoms with van der Waals surface area (Å²) < 4.78 is 0. The van der Waals surface area contributed by atoms with E-state index in [4.69, 9.17) is 0 Å². The highest BCUT2D eigenvalue weighted by Crippen LogP contribution is 2.41. The van der Waals surface area contributed by atoms with Crippen LogP contribution in [0.2, 0.25) is 0 Å². The van der Waals surface area contributed by atoms with E-state index in [-0.39, 0.29) is 11.3 Å². The van der Waals surface area contributed by atoms with Crippen molar-refractivity contribution in [1.82, 2.24) is 0 Å². The largest absolute Gasteiger partial charge is 0.390 e. The summed E-state index contributed by atoms with van der Waals surface area (Å²) in [5, 5.41) is 40.5. The maximum absolute atomic E-state index is 10.3. The first kappa shape index (κ1) is 40.0. The summed E-state index contributed by atoms with van der Waals surface area (Å²) in [6.45, 7) is 22.3. The van der Waals surface area contributed by atoms with Gasteiger partial charge in [0.05, 0.1) is 12.2 Å². The third-order valence-corrected chi connectivity index (χ3v) is 8.38. The van der Waals surface area contributed by atoms with Crippen LogP contribution in [0.15, 0.2) is 130 Å². The van der Waals surface area contributed by atoms with Gasteiger partial charge < -0.3 is 20.4 Å². The lowest BCUT2D eigenvalue weighted by molar-refractivity contribution is 0.00686. The van der Waals surface area contributed by atoms with Gasteiger partial charge >= 0.3 is 0 Å². The molecular formula is C41H60O4. The van der Waals surface area contributed by atoms with Crippen molar-refractivity contribution in [3.8, 4) is 0 Å². The molecule has 0 fully saturated rings. The van der Waals surface area contributed by atoms with Crippen LogP contribution < -0.4 is 0 Å². The van der Waals surface area contributed by atoms with Crippen LogP contribution in [0, 0.1) is 11.3 Å². The molecular weight excluding hydrogens is 556 g/mol. The minimum Gasteiger partial charge on any atom is -0.390 e. The molecule has 2 aliphatic carbocycles. The molecule has 2 aliphatic rings. The van der Waals surface area contributed by atoms with Crippen molar-refractivity contribution in [3.05, 3.63) is 130 Å². The number of allylic oxidation sites excluding steroid dienone is 20. The number of aliphatic hydroxyl groups is 4. The quantitative estimate of drug-likeness (QED) is 0.185. The van der Waals surface area contributed by atoms with Crippen LogP contribution in [-0.4, -0.2) is 44.8 Å². The zero-order valence-electron chi connectivity index (χ0n) is 29.7. The highest BCUT2D eigenvalue weighted by Gasteiger charge is 2.36. The van der Waals surface area contributed by atoms with Gasteiger partial charge in [0.15, 0.2) is 0 Å². The molecule has 0 aromatic rings. The number of hydrogen-bond acceptors (Lipinski definition) is 4. The second kappa shape index (κ2) is 19.5. The molecule has 0 radical (unpaired) electrons. The maximum Gasteiger partial charge on any atom is 0.101 e. The van der Waals surface area contributed by atoms with Crippen LogP contribution in [0.4, 0.5) is 0 Å². The zero-order valence-corrected chi connectivity index (χ0v) is 29.7. The van der Waals surface area contributed by atoms with Crippen molar-refractivity contribution in [2.24, 2.45) is 11.3 Å². The maximum atomic E-state index is 10.3. The summed E-state index contributed by atoms with van der Waals surface area (Å²) in [6.07, 6.45) is 27.0.